The highest BCUT2D eigenvalue weighted by Crippen LogP contribution is 2.18. The van der Waals surface area contributed by atoms with Gasteiger partial charge in [-0.05, 0) is 12.1 Å². The van der Waals surface area contributed by atoms with E-state index in [1.165, 1.54) is 17.6 Å². The highest BCUT2D eigenvalue weighted by Gasteiger charge is 2.14. The molecule has 1 aromatic heterocycles. The van der Waals surface area contributed by atoms with Gasteiger partial charge in [-0.2, -0.15) is 4.37 Å². The van der Waals surface area contributed by atoms with E-state index in [0.717, 1.165) is 12.1 Å². The van der Waals surface area contributed by atoms with Crippen LogP contribution >= 0.6 is 11.5 Å². The summed E-state index contributed by atoms with van der Waals surface area (Å²) < 4.78 is 42.9. The molecule has 1 atom stereocenters. The monoisotopic (exact) mass is 317 g/mol. The van der Waals surface area contributed by atoms with Gasteiger partial charge in [0.05, 0.1) is 11.5 Å². The lowest BCUT2D eigenvalue weighted by Gasteiger charge is -2.05. The van der Waals surface area contributed by atoms with Crippen molar-refractivity contribution in [1.29, 1.82) is 0 Å². The van der Waals surface area contributed by atoms with Gasteiger partial charge in [-0.3, -0.25) is 4.21 Å². The SMILES string of the molecule is CN(C)c1nc(C[S@@](=O)Cc2c(F)cccc2F)ns1. The van der Waals surface area contributed by atoms with Crippen molar-refractivity contribution in [3.05, 3.63) is 41.2 Å². The molecule has 0 N–H and O–H groups in total. The van der Waals surface area contributed by atoms with Crippen LogP contribution in [0.2, 0.25) is 0 Å². The molecular formula is C12H13F2N3OS2. The van der Waals surface area contributed by atoms with E-state index in [4.69, 9.17) is 0 Å². The molecule has 8 heteroatoms. The molecule has 0 saturated heterocycles. The average Bonchev–Trinajstić information content (AvgIpc) is 2.82. The minimum absolute atomic E-state index is 0.0815. The predicted octanol–water partition coefficient (Wildman–Crippen LogP) is 2.33. The van der Waals surface area contributed by atoms with Crippen LogP contribution in [-0.2, 0) is 22.3 Å². The van der Waals surface area contributed by atoms with Gasteiger partial charge in [0.2, 0.25) is 5.13 Å². The second kappa shape index (κ2) is 6.36. The minimum atomic E-state index is -1.46. The Balaban J connectivity index is 2.05. The summed E-state index contributed by atoms with van der Waals surface area (Å²) in [5.41, 5.74) is -0.158. The lowest BCUT2D eigenvalue weighted by Crippen LogP contribution is -2.09. The maximum atomic E-state index is 13.4. The topological polar surface area (TPSA) is 46.1 Å². The van der Waals surface area contributed by atoms with Gasteiger partial charge in [-0.15, -0.1) is 0 Å². The molecule has 0 spiro atoms. The first kappa shape index (κ1) is 15.0. The molecule has 4 nitrogen and oxygen atoms in total. The number of aromatic nitrogens is 2. The predicted molar refractivity (Wildman–Crippen MR) is 76.1 cm³/mol. The van der Waals surface area contributed by atoms with Crippen molar-refractivity contribution in [2.75, 3.05) is 19.0 Å². The summed E-state index contributed by atoms with van der Waals surface area (Å²) >= 11 is 1.19. The third-order valence-electron chi connectivity index (χ3n) is 2.50. The lowest BCUT2D eigenvalue weighted by molar-refractivity contribution is 0.564. The van der Waals surface area contributed by atoms with Gasteiger partial charge in [-0.25, -0.2) is 13.8 Å². The Hall–Kier alpha value is -1.41. The molecule has 0 bridgehead atoms. The number of halogens is 2. The van der Waals surface area contributed by atoms with E-state index < -0.39 is 22.4 Å². The molecule has 0 unspecified atom stereocenters. The van der Waals surface area contributed by atoms with Crippen LogP contribution < -0.4 is 4.90 Å². The van der Waals surface area contributed by atoms with Gasteiger partial charge < -0.3 is 4.90 Å². The molecule has 0 aliphatic heterocycles. The zero-order chi connectivity index (χ0) is 14.7. The van der Waals surface area contributed by atoms with Gasteiger partial charge in [0.25, 0.3) is 0 Å². The fourth-order valence-corrected chi connectivity index (χ4v) is 3.31. The van der Waals surface area contributed by atoms with E-state index in [1.54, 1.807) is 4.90 Å². The van der Waals surface area contributed by atoms with Crippen LogP contribution in [0.4, 0.5) is 13.9 Å². The number of anilines is 1. The normalized spacial score (nSPS) is 12.4. The van der Waals surface area contributed by atoms with Crippen LogP contribution in [0, 0.1) is 11.6 Å². The summed E-state index contributed by atoms with van der Waals surface area (Å²) in [7, 11) is 2.20. The molecule has 0 aliphatic rings. The molecule has 2 rings (SSSR count). The standard InChI is InChI=1S/C12H13F2N3OS2/c1-17(2)12-15-11(16-19-12)7-20(18)6-8-9(13)4-3-5-10(8)14/h3-5H,6-7H2,1-2H3/t20-/m0/s1. The fraction of sp³-hybridized carbons (Fsp3) is 0.333. The van der Waals surface area contributed by atoms with Crippen LogP contribution in [0.15, 0.2) is 18.2 Å². The molecule has 2 aromatic rings. The quantitative estimate of drug-likeness (QED) is 0.849. The van der Waals surface area contributed by atoms with E-state index in [1.807, 2.05) is 14.1 Å². The van der Waals surface area contributed by atoms with Crippen molar-refractivity contribution in [1.82, 2.24) is 9.36 Å². The first-order valence-corrected chi connectivity index (χ1v) is 8.01. The number of hydrogen-bond donors (Lipinski definition) is 0. The Bertz CT molecular complexity index is 611. The zero-order valence-corrected chi connectivity index (χ0v) is 12.6. The Morgan fingerprint density at radius 1 is 1.25 bits per heavy atom. The van der Waals surface area contributed by atoms with Crippen LogP contribution in [-0.4, -0.2) is 27.7 Å². The molecule has 0 aliphatic carbocycles. The number of nitrogens with zero attached hydrogens (tertiary/aromatic N) is 3. The van der Waals surface area contributed by atoms with Crippen molar-refractivity contribution >= 4 is 27.5 Å². The van der Waals surface area contributed by atoms with Gasteiger partial charge in [0.15, 0.2) is 5.82 Å². The summed E-state index contributed by atoms with van der Waals surface area (Å²) in [6.45, 7) is 0. The van der Waals surface area contributed by atoms with Crippen molar-refractivity contribution in [2.45, 2.75) is 11.5 Å². The van der Waals surface area contributed by atoms with Crippen molar-refractivity contribution in [3.63, 3.8) is 0 Å². The first-order valence-electron chi connectivity index (χ1n) is 5.75. The number of benzene rings is 1. The second-order valence-electron chi connectivity index (χ2n) is 4.32. The van der Waals surface area contributed by atoms with Crippen molar-refractivity contribution in [3.8, 4) is 0 Å². The van der Waals surface area contributed by atoms with Crippen LogP contribution in [0.3, 0.4) is 0 Å². The minimum Gasteiger partial charge on any atom is -0.353 e. The Morgan fingerprint density at radius 3 is 2.45 bits per heavy atom. The molecule has 20 heavy (non-hydrogen) atoms. The van der Waals surface area contributed by atoms with Gasteiger partial charge in [0, 0.05) is 42.0 Å². The third kappa shape index (κ3) is 3.57. The van der Waals surface area contributed by atoms with Gasteiger partial charge in [-0.1, -0.05) is 6.07 Å². The molecule has 1 aromatic carbocycles. The molecule has 0 fully saturated rings. The zero-order valence-electron chi connectivity index (χ0n) is 11.0. The highest BCUT2D eigenvalue weighted by molar-refractivity contribution is 7.83. The Morgan fingerprint density at radius 2 is 1.90 bits per heavy atom. The smallest absolute Gasteiger partial charge is 0.204 e. The Kier molecular flexibility index (Phi) is 4.77. The first-order chi connectivity index (χ1) is 9.47. The fourth-order valence-electron chi connectivity index (χ4n) is 1.51. The van der Waals surface area contributed by atoms with Crippen molar-refractivity contribution < 1.29 is 13.0 Å². The van der Waals surface area contributed by atoms with E-state index in [9.17, 15) is 13.0 Å². The maximum Gasteiger partial charge on any atom is 0.204 e. The summed E-state index contributed by atoms with van der Waals surface area (Å²) in [5, 5.41) is 0.703. The van der Waals surface area contributed by atoms with Crippen LogP contribution in [0.1, 0.15) is 11.4 Å². The van der Waals surface area contributed by atoms with E-state index in [2.05, 4.69) is 9.36 Å². The van der Waals surface area contributed by atoms with E-state index in [-0.39, 0.29) is 17.1 Å². The summed E-state index contributed by atoms with van der Waals surface area (Å²) in [4.78, 5) is 5.98. The van der Waals surface area contributed by atoms with Crippen LogP contribution in [0.5, 0.6) is 0 Å². The third-order valence-corrected chi connectivity index (χ3v) is 4.61. The molecule has 108 valence electrons. The average molecular weight is 317 g/mol. The highest BCUT2D eigenvalue weighted by atomic mass is 32.2. The molecule has 1 heterocycles. The van der Waals surface area contributed by atoms with E-state index in [0.29, 0.717) is 11.0 Å². The van der Waals surface area contributed by atoms with Gasteiger partial charge in [0.1, 0.15) is 11.6 Å². The molecule has 0 amide bonds. The molecular weight excluding hydrogens is 304 g/mol. The van der Waals surface area contributed by atoms with Crippen molar-refractivity contribution in [2.24, 2.45) is 0 Å². The number of hydrogen-bond acceptors (Lipinski definition) is 5. The lowest BCUT2D eigenvalue weighted by atomic mass is 10.2. The number of rotatable bonds is 5. The largest absolute Gasteiger partial charge is 0.353 e. The van der Waals surface area contributed by atoms with Gasteiger partial charge >= 0.3 is 0 Å². The summed E-state index contributed by atoms with van der Waals surface area (Å²) in [6, 6.07) is 3.59. The second-order valence-corrected chi connectivity index (χ2v) is 6.50. The molecule has 0 radical (unpaired) electrons. The van der Waals surface area contributed by atoms with Crippen LogP contribution in [0.25, 0.3) is 0 Å². The van der Waals surface area contributed by atoms with E-state index >= 15 is 0 Å². The maximum absolute atomic E-state index is 13.4. The Labute approximate surface area is 122 Å². The summed E-state index contributed by atoms with van der Waals surface area (Å²) in [5.74, 6) is -1.04. The summed E-state index contributed by atoms with van der Waals surface area (Å²) in [6.07, 6.45) is 0. The molecule has 0 saturated carbocycles.